The molecule has 0 saturated heterocycles. The van der Waals surface area contributed by atoms with E-state index >= 15 is 0 Å². The average molecular weight is 362 g/mol. The molecule has 27 heavy (non-hydrogen) atoms. The second-order valence-corrected chi connectivity index (χ2v) is 6.10. The average Bonchev–Trinajstić information content (AvgIpc) is 2.72. The molecule has 0 aliphatic rings. The van der Waals surface area contributed by atoms with E-state index in [1.165, 1.54) is 0 Å². The van der Waals surface area contributed by atoms with Gasteiger partial charge in [0.1, 0.15) is 18.1 Å². The molecule has 0 saturated carbocycles. The van der Waals surface area contributed by atoms with Gasteiger partial charge in [-0.05, 0) is 41.5 Å². The van der Waals surface area contributed by atoms with E-state index in [9.17, 15) is 4.79 Å². The van der Waals surface area contributed by atoms with E-state index in [0.29, 0.717) is 19.6 Å². The monoisotopic (exact) mass is 362 g/mol. The number of hydrogen-bond donors (Lipinski definition) is 1. The molecule has 5 heteroatoms. The molecule has 0 radical (unpaired) electrons. The molecule has 0 aliphatic heterocycles. The summed E-state index contributed by atoms with van der Waals surface area (Å²) in [5, 5.41) is 2.93. The maximum Gasteiger partial charge on any atom is 0.224 e. The summed E-state index contributed by atoms with van der Waals surface area (Å²) in [6.45, 7) is 0.955. The lowest BCUT2D eigenvalue weighted by Crippen LogP contribution is -2.24. The molecule has 2 aromatic carbocycles. The number of rotatable bonds is 8. The van der Waals surface area contributed by atoms with E-state index in [-0.39, 0.29) is 5.91 Å². The highest BCUT2D eigenvalue weighted by Gasteiger charge is 2.05. The molecule has 0 unspecified atom stereocenters. The molecule has 1 heterocycles. The number of nitrogens with one attached hydrogen (secondary N) is 1. The predicted octanol–water partition coefficient (Wildman–Crippen LogP) is 3.53. The molecule has 0 atom stereocenters. The first kappa shape index (κ1) is 18.5. The highest BCUT2D eigenvalue weighted by atomic mass is 16.5. The highest BCUT2D eigenvalue weighted by Crippen LogP contribution is 2.15. The Bertz CT molecular complexity index is 864. The number of carbonyl (C=O) groups is 1. The van der Waals surface area contributed by atoms with Gasteiger partial charge in [0, 0.05) is 24.5 Å². The number of pyridine rings is 1. The van der Waals surface area contributed by atoms with Crippen LogP contribution in [-0.2, 0) is 24.4 Å². The van der Waals surface area contributed by atoms with E-state index in [4.69, 9.17) is 9.47 Å². The Hall–Kier alpha value is -3.34. The number of benzene rings is 2. The summed E-state index contributed by atoms with van der Waals surface area (Å²) in [6, 6.07) is 19.1. The summed E-state index contributed by atoms with van der Waals surface area (Å²) < 4.78 is 10.9. The zero-order valence-corrected chi connectivity index (χ0v) is 15.2. The molecule has 0 bridgehead atoms. The van der Waals surface area contributed by atoms with Crippen molar-refractivity contribution in [2.24, 2.45) is 0 Å². The van der Waals surface area contributed by atoms with Crippen molar-refractivity contribution < 1.29 is 14.3 Å². The van der Waals surface area contributed by atoms with Gasteiger partial charge < -0.3 is 14.8 Å². The number of hydrogen-bond acceptors (Lipinski definition) is 4. The van der Waals surface area contributed by atoms with E-state index in [1.54, 1.807) is 19.5 Å². The summed E-state index contributed by atoms with van der Waals surface area (Å²) in [6.07, 6.45) is 3.84. The summed E-state index contributed by atoms with van der Waals surface area (Å²) in [4.78, 5) is 16.2. The van der Waals surface area contributed by atoms with Crippen LogP contribution in [0.5, 0.6) is 11.5 Å². The minimum atomic E-state index is -0.0276. The van der Waals surface area contributed by atoms with Crippen LogP contribution in [0.15, 0.2) is 73.1 Å². The van der Waals surface area contributed by atoms with Crippen molar-refractivity contribution in [3.8, 4) is 11.5 Å². The maximum atomic E-state index is 12.1. The lowest BCUT2D eigenvalue weighted by molar-refractivity contribution is -0.120. The zero-order chi connectivity index (χ0) is 18.9. The fourth-order valence-electron chi connectivity index (χ4n) is 2.58. The highest BCUT2D eigenvalue weighted by molar-refractivity contribution is 5.78. The van der Waals surface area contributed by atoms with Gasteiger partial charge in [-0.15, -0.1) is 0 Å². The van der Waals surface area contributed by atoms with Gasteiger partial charge >= 0.3 is 0 Å². The number of ether oxygens (including phenoxy) is 2. The van der Waals surface area contributed by atoms with Gasteiger partial charge in [-0.1, -0.05) is 30.3 Å². The molecule has 0 spiro atoms. The van der Waals surface area contributed by atoms with Crippen molar-refractivity contribution in [2.75, 3.05) is 7.11 Å². The minimum Gasteiger partial charge on any atom is -0.497 e. The van der Waals surface area contributed by atoms with Crippen LogP contribution in [0, 0.1) is 0 Å². The lowest BCUT2D eigenvalue weighted by atomic mass is 10.1. The third-order valence-electron chi connectivity index (χ3n) is 4.04. The van der Waals surface area contributed by atoms with E-state index < -0.39 is 0 Å². The molecule has 138 valence electrons. The van der Waals surface area contributed by atoms with Gasteiger partial charge in [0.25, 0.3) is 0 Å². The smallest absolute Gasteiger partial charge is 0.224 e. The van der Waals surface area contributed by atoms with Gasteiger partial charge in [0.05, 0.1) is 13.5 Å². The van der Waals surface area contributed by atoms with Crippen LogP contribution in [0.3, 0.4) is 0 Å². The van der Waals surface area contributed by atoms with Crippen LogP contribution in [0.2, 0.25) is 0 Å². The van der Waals surface area contributed by atoms with E-state index in [1.807, 2.05) is 60.7 Å². The summed E-state index contributed by atoms with van der Waals surface area (Å²) in [7, 11) is 1.61. The number of methoxy groups -OCH3 is 1. The standard InChI is InChI=1S/C22H22N2O3/c1-26-21-6-2-4-18(12-21)13-22(25)24-15-17-7-9-20(10-8-17)27-16-19-5-3-11-23-14-19/h2-12,14H,13,15-16H2,1H3,(H,24,25). The fourth-order valence-corrected chi connectivity index (χ4v) is 2.58. The van der Waals surface area contributed by atoms with Crippen molar-refractivity contribution in [3.05, 3.63) is 89.7 Å². The first-order valence-corrected chi connectivity index (χ1v) is 8.73. The van der Waals surface area contributed by atoms with Crippen LogP contribution in [0.1, 0.15) is 16.7 Å². The minimum absolute atomic E-state index is 0.0276. The van der Waals surface area contributed by atoms with Crippen molar-refractivity contribution in [3.63, 3.8) is 0 Å². The Kier molecular flexibility index (Phi) is 6.41. The molecule has 5 nitrogen and oxygen atoms in total. The first-order chi connectivity index (χ1) is 13.2. The summed E-state index contributed by atoms with van der Waals surface area (Å²) in [5.74, 6) is 1.51. The number of aromatic nitrogens is 1. The van der Waals surface area contributed by atoms with Crippen molar-refractivity contribution in [2.45, 2.75) is 19.6 Å². The van der Waals surface area contributed by atoms with Crippen LogP contribution in [0.25, 0.3) is 0 Å². The Balaban J connectivity index is 1.46. The third-order valence-corrected chi connectivity index (χ3v) is 4.04. The summed E-state index contributed by atoms with van der Waals surface area (Å²) >= 11 is 0. The molecule has 1 amide bonds. The SMILES string of the molecule is COc1cccc(CC(=O)NCc2ccc(OCc3cccnc3)cc2)c1. The quantitative estimate of drug-likeness (QED) is 0.666. The lowest BCUT2D eigenvalue weighted by Gasteiger charge is -2.09. The molecule has 1 aromatic heterocycles. The molecule has 0 fully saturated rings. The fraction of sp³-hybridized carbons (Fsp3) is 0.182. The summed E-state index contributed by atoms with van der Waals surface area (Å²) in [5.41, 5.74) is 2.96. The van der Waals surface area contributed by atoms with Crippen LogP contribution >= 0.6 is 0 Å². The molecular formula is C22H22N2O3. The molecule has 3 rings (SSSR count). The van der Waals surface area contributed by atoms with Crippen LogP contribution < -0.4 is 14.8 Å². The number of carbonyl (C=O) groups excluding carboxylic acids is 1. The topological polar surface area (TPSA) is 60.5 Å². The third kappa shape index (κ3) is 5.85. The number of nitrogens with zero attached hydrogens (tertiary/aromatic N) is 1. The van der Waals surface area contributed by atoms with Gasteiger partial charge in [0.2, 0.25) is 5.91 Å². The molecular weight excluding hydrogens is 340 g/mol. The second-order valence-electron chi connectivity index (χ2n) is 6.10. The second kappa shape index (κ2) is 9.38. The molecule has 0 aliphatic carbocycles. The Morgan fingerprint density at radius 2 is 1.78 bits per heavy atom. The van der Waals surface area contributed by atoms with Gasteiger partial charge in [-0.2, -0.15) is 0 Å². The van der Waals surface area contributed by atoms with Gasteiger partial charge in [-0.25, -0.2) is 0 Å². The molecule has 3 aromatic rings. The van der Waals surface area contributed by atoms with Gasteiger partial charge in [-0.3, -0.25) is 9.78 Å². The Labute approximate surface area is 159 Å². The maximum absolute atomic E-state index is 12.1. The van der Waals surface area contributed by atoms with E-state index in [2.05, 4.69) is 10.3 Å². The van der Waals surface area contributed by atoms with Crippen LogP contribution in [-0.4, -0.2) is 18.0 Å². The van der Waals surface area contributed by atoms with E-state index in [0.717, 1.165) is 28.2 Å². The predicted molar refractivity (Wildman–Crippen MR) is 104 cm³/mol. The first-order valence-electron chi connectivity index (χ1n) is 8.73. The Morgan fingerprint density at radius 3 is 2.52 bits per heavy atom. The largest absolute Gasteiger partial charge is 0.497 e. The number of amides is 1. The van der Waals surface area contributed by atoms with Crippen molar-refractivity contribution >= 4 is 5.91 Å². The van der Waals surface area contributed by atoms with Crippen molar-refractivity contribution in [1.82, 2.24) is 10.3 Å². The zero-order valence-electron chi connectivity index (χ0n) is 15.2. The molecule has 1 N–H and O–H groups in total. The van der Waals surface area contributed by atoms with Gasteiger partial charge in [0.15, 0.2) is 0 Å². The van der Waals surface area contributed by atoms with Crippen LogP contribution in [0.4, 0.5) is 0 Å². The normalized spacial score (nSPS) is 10.3. The Morgan fingerprint density at radius 1 is 0.963 bits per heavy atom. The van der Waals surface area contributed by atoms with Crippen molar-refractivity contribution in [1.29, 1.82) is 0 Å².